The van der Waals surface area contributed by atoms with Crippen LogP contribution in [-0.4, -0.2) is 30.6 Å². The SMILES string of the molecule is CC.Cc1nc(C(F)F)cn1-c1ccc(-c2cccc(S(C)(=O)=O)c2)cc1N(N)/C(=C\N)c1ccc(OC(F)(F)F)cc1. The van der Waals surface area contributed by atoms with Gasteiger partial charge in [0.05, 0.1) is 22.0 Å². The first-order chi connectivity index (χ1) is 20.2. The lowest BCUT2D eigenvalue weighted by Crippen LogP contribution is -2.31. The van der Waals surface area contributed by atoms with Gasteiger partial charge in [0.2, 0.25) is 0 Å². The summed E-state index contributed by atoms with van der Waals surface area (Å²) in [4.78, 5) is 3.99. The van der Waals surface area contributed by atoms with Gasteiger partial charge in [-0.05, 0) is 66.6 Å². The molecular formula is C29H30F5N5O3S. The van der Waals surface area contributed by atoms with Crippen molar-refractivity contribution in [3.05, 3.63) is 96.2 Å². The van der Waals surface area contributed by atoms with Crippen LogP contribution in [-0.2, 0) is 9.84 Å². The van der Waals surface area contributed by atoms with E-state index in [0.29, 0.717) is 22.4 Å². The number of aryl methyl sites for hydroxylation is 1. The molecule has 1 heterocycles. The quantitative estimate of drug-likeness (QED) is 0.127. The van der Waals surface area contributed by atoms with Gasteiger partial charge >= 0.3 is 6.36 Å². The lowest BCUT2D eigenvalue weighted by Gasteiger charge is -2.26. The molecule has 4 N–H and O–H groups in total. The van der Waals surface area contributed by atoms with Crippen molar-refractivity contribution in [1.82, 2.24) is 9.55 Å². The molecule has 230 valence electrons. The zero-order valence-corrected chi connectivity index (χ0v) is 24.4. The van der Waals surface area contributed by atoms with Gasteiger partial charge in [0.15, 0.2) is 9.84 Å². The average Bonchev–Trinajstić information content (AvgIpc) is 3.35. The summed E-state index contributed by atoms with van der Waals surface area (Å²) in [6.45, 7) is 5.53. The maximum atomic E-state index is 13.4. The van der Waals surface area contributed by atoms with E-state index in [0.717, 1.165) is 35.8 Å². The minimum atomic E-state index is -4.88. The van der Waals surface area contributed by atoms with Crippen molar-refractivity contribution in [1.29, 1.82) is 0 Å². The molecule has 4 rings (SSSR count). The molecule has 0 aliphatic rings. The second-order valence-corrected chi connectivity index (χ2v) is 10.9. The summed E-state index contributed by atoms with van der Waals surface area (Å²) in [5.74, 6) is 6.29. The Labute approximate surface area is 245 Å². The summed E-state index contributed by atoms with van der Waals surface area (Å²) in [6, 6.07) is 15.8. The Kier molecular flexibility index (Phi) is 10.2. The molecule has 0 aliphatic heterocycles. The fourth-order valence-corrected chi connectivity index (χ4v) is 4.79. The smallest absolute Gasteiger partial charge is 0.406 e. The van der Waals surface area contributed by atoms with Crippen molar-refractivity contribution in [2.75, 3.05) is 11.3 Å². The number of anilines is 1. The second kappa shape index (κ2) is 13.3. The van der Waals surface area contributed by atoms with Gasteiger partial charge in [-0.25, -0.2) is 28.0 Å². The van der Waals surface area contributed by atoms with Crippen LogP contribution < -0.4 is 21.3 Å². The Morgan fingerprint density at radius 2 is 1.65 bits per heavy atom. The van der Waals surface area contributed by atoms with Crippen molar-refractivity contribution in [3.63, 3.8) is 0 Å². The predicted octanol–water partition coefficient (Wildman–Crippen LogP) is 6.75. The monoisotopic (exact) mass is 623 g/mol. The Balaban J connectivity index is 0.00000248. The molecule has 0 radical (unpaired) electrons. The third-order valence-electron chi connectivity index (χ3n) is 6.02. The van der Waals surface area contributed by atoms with Gasteiger partial charge in [-0.2, -0.15) is 0 Å². The minimum Gasteiger partial charge on any atom is -0.406 e. The van der Waals surface area contributed by atoms with E-state index in [-0.39, 0.29) is 22.1 Å². The predicted molar refractivity (Wildman–Crippen MR) is 155 cm³/mol. The van der Waals surface area contributed by atoms with Crippen molar-refractivity contribution < 1.29 is 35.1 Å². The van der Waals surface area contributed by atoms with E-state index in [1.807, 2.05) is 13.8 Å². The highest BCUT2D eigenvalue weighted by molar-refractivity contribution is 7.90. The largest absolute Gasteiger partial charge is 0.573 e. The van der Waals surface area contributed by atoms with Gasteiger partial charge in [-0.3, -0.25) is 5.01 Å². The Bertz CT molecular complexity index is 1700. The molecule has 0 bridgehead atoms. The van der Waals surface area contributed by atoms with Crippen LogP contribution in [0.2, 0.25) is 0 Å². The maximum Gasteiger partial charge on any atom is 0.573 e. The van der Waals surface area contributed by atoms with Crippen LogP contribution in [0.5, 0.6) is 5.75 Å². The fourth-order valence-electron chi connectivity index (χ4n) is 4.12. The highest BCUT2D eigenvalue weighted by Gasteiger charge is 2.31. The summed E-state index contributed by atoms with van der Waals surface area (Å²) in [7, 11) is -3.52. The van der Waals surface area contributed by atoms with Gasteiger partial charge < -0.3 is 15.0 Å². The first-order valence-corrected chi connectivity index (χ1v) is 14.7. The molecule has 4 aromatic rings. The third-order valence-corrected chi connectivity index (χ3v) is 7.13. The molecule has 0 amide bonds. The molecule has 0 fully saturated rings. The number of nitrogens with two attached hydrogens (primary N) is 2. The number of halogens is 5. The van der Waals surface area contributed by atoms with Crippen molar-refractivity contribution in [2.24, 2.45) is 11.6 Å². The average molecular weight is 624 g/mol. The summed E-state index contributed by atoms with van der Waals surface area (Å²) >= 11 is 0. The zero-order chi connectivity index (χ0) is 32.1. The summed E-state index contributed by atoms with van der Waals surface area (Å²) in [5, 5.41) is 1.14. The second-order valence-electron chi connectivity index (χ2n) is 8.88. The molecule has 14 heteroatoms. The third kappa shape index (κ3) is 7.90. The number of imidazole rings is 1. The van der Waals surface area contributed by atoms with Gasteiger partial charge in [0.25, 0.3) is 6.43 Å². The van der Waals surface area contributed by atoms with Crippen LogP contribution in [0, 0.1) is 6.92 Å². The molecule has 0 atom stereocenters. The van der Waals surface area contributed by atoms with Crippen LogP contribution in [0.1, 0.15) is 37.4 Å². The van der Waals surface area contributed by atoms with Gasteiger partial charge in [0, 0.05) is 24.2 Å². The van der Waals surface area contributed by atoms with Crippen molar-refractivity contribution in [2.45, 2.75) is 38.5 Å². The van der Waals surface area contributed by atoms with Gasteiger partial charge in [-0.15, -0.1) is 13.2 Å². The van der Waals surface area contributed by atoms with E-state index >= 15 is 0 Å². The molecule has 43 heavy (non-hydrogen) atoms. The molecule has 3 aromatic carbocycles. The number of sulfone groups is 1. The molecule has 0 aliphatic carbocycles. The lowest BCUT2D eigenvalue weighted by atomic mass is 10.0. The van der Waals surface area contributed by atoms with Gasteiger partial charge in [-0.1, -0.05) is 32.0 Å². The number of benzene rings is 3. The molecule has 0 saturated carbocycles. The summed E-state index contributed by atoms with van der Waals surface area (Å²) in [6.07, 6.45) is -4.34. The topological polar surface area (TPSA) is 116 Å². The van der Waals surface area contributed by atoms with Crippen molar-refractivity contribution in [3.8, 4) is 22.6 Å². The van der Waals surface area contributed by atoms with Crippen LogP contribution in [0.4, 0.5) is 27.6 Å². The number of ether oxygens (including phenoxy) is 1. The number of hydrazine groups is 1. The Morgan fingerprint density at radius 3 is 2.19 bits per heavy atom. The molecule has 0 saturated heterocycles. The Hall–Kier alpha value is -4.43. The zero-order valence-electron chi connectivity index (χ0n) is 23.6. The highest BCUT2D eigenvalue weighted by atomic mass is 32.2. The van der Waals surface area contributed by atoms with E-state index in [4.69, 9.17) is 11.6 Å². The molecule has 0 unspecified atom stereocenters. The number of aromatic nitrogens is 2. The molecule has 8 nitrogen and oxygen atoms in total. The fraction of sp³-hybridized carbons (Fsp3) is 0.207. The lowest BCUT2D eigenvalue weighted by molar-refractivity contribution is -0.274. The van der Waals surface area contributed by atoms with Crippen LogP contribution in [0.3, 0.4) is 0 Å². The number of hydrogen-bond acceptors (Lipinski definition) is 7. The van der Waals surface area contributed by atoms with E-state index < -0.39 is 34.1 Å². The molecular weight excluding hydrogens is 593 g/mol. The molecule has 1 aromatic heterocycles. The van der Waals surface area contributed by atoms with Crippen LogP contribution in [0.25, 0.3) is 22.5 Å². The minimum absolute atomic E-state index is 0.0842. The van der Waals surface area contributed by atoms with Crippen LogP contribution in [0.15, 0.2) is 84.0 Å². The van der Waals surface area contributed by atoms with Crippen LogP contribution >= 0.6 is 0 Å². The number of hydrogen-bond donors (Lipinski definition) is 2. The summed E-state index contributed by atoms with van der Waals surface area (Å²) in [5.41, 5.74) is 7.50. The Morgan fingerprint density at radius 1 is 1.02 bits per heavy atom. The maximum absolute atomic E-state index is 13.4. The first-order valence-electron chi connectivity index (χ1n) is 12.8. The van der Waals surface area contributed by atoms with E-state index in [1.54, 1.807) is 30.3 Å². The highest BCUT2D eigenvalue weighted by Crippen LogP contribution is 2.35. The number of rotatable bonds is 8. The first kappa shape index (κ1) is 33.1. The van der Waals surface area contributed by atoms with E-state index in [2.05, 4.69) is 9.72 Å². The number of alkyl halides is 5. The summed E-state index contributed by atoms with van der Waals surface area (Å²) < 4.78 is 94.2. The standard InChI is InChI=1S/C27H24F5N5O3S.C2H6/c1-16-35-22(26(28)29)15-36(16)23-11-8-19(18-4-3-5-21(12-18)41(2,38)39)13-24(23)37(34)25(14-33)17-6-9-20(10-7-17)40-27(30,31)32;1-2/h3-15,26H,33-34H2,1-2H3;1-2H3/b25-14-;. The van der Waals surface area contributed by atoms with E-state index in [9.17, 15) is 30.4 Å². The van der Waals surface area contributed by atoms with Gasteiger partial charge in [0.1, 0.15) is 17.3 Å². The van der Waals surface area contributed by atoms with Crippen molar-refractivity contribution >= 4 is 21.2 Å². The van der Waals surface area contributed by atoms with E-state index in [1.165, 1.54) is 35.8 Å². The molecule has 0 spiro atoms. The number of nitrogens with zero attached hydrogens (tertiary/aromatic N) is 3. The normalized spacial score (nSPS) is 12.1.